The number of nitrogens with zero attached hydrogens (tertiary/aromatic N) is 3. The number of hydrogen-bond acceptors (Lipinski definition) is 8. The maximum Gasteiger partial charge on any atom is 0.165 e. The molecule has 1 aromatic heterocycles. The smallest absolute Gasteiger partial charge is 0.165 e. The molecular formula is C24H31ClN6OS. The van der Waals surface area contributed by atoms with Crippen LogP contribution in [0.1, 0.15) is 45.4 Å². The van der Waals surface area contributed by atoms with Crippen molar-refractivity contribution in [1.29, 1.82) is 0 Å². The predicted octanol–water partition coefficient (Wildman–Crippen LogP) is 4.87. The van der Waals surface area contributed by atoms with Gasteiger partial charge in [-0.25, -0.2) is 9.97 Å². The van der Waals surface area contributed by atoms with Crippen molar-refractivity contribution in [1.82, 2.24) is 15.3 Å². The average molecular weight is 487 g/mol. The number of rotatable bonds is 5. The molecular weight excluding hydrogens is 456 g/mol. The predicted molar refractivity (Wildman–Crippen MR) is 135 cm³/mol. The number of fused-ring (bicyclic) bond motifs is 2. The summed E-state index contributed by atoms with van der Waals surface area (Å²) in [6.07, 6.45) is 9.55. The molecule has 176 valence electrons. The molecule has 0 spiro atoms. The minimum absolute atomic E-state index is 0.142. The van der Waals surface area contributed by atoms with Gasteiger partial charge in [-0.2, -0.15) is 0 Å². The second kappa shape index (κ2) is 9.31. The third-order valence-electron chi connectivity index (χ3n) is 7.40. The Morgan fingerprint density at radius 1 is 1.30 bits per heavy atom. The fraction of sp³-hybridized carbons (Fsp3) is 0.542. The summed E-state index contributed by atoms with van der Waals surface area (Å²) in [5, 5.41) is 8.60. The molecule has 0 bridgehead atoms. The number of nitrogens with one attached hydrogen (secondary N) is 2. The van der Waals surface area contributed by atoms with E-state index in [1.807, 2.05) is 18.3 Å². The number of anilines is 4. The first-order valence-corrected chi connectivity index (χ1v) is 13.0. The van der Waals surface area contributed by atoms with Gasteiger partial charge in [-0.3, -0.25) is 0 Å². The Hall–Kier alpha value is -2.03. The molecule has 1 aromatic carbocycles. The summed E-state index contributed by atoms with van der Waals surface area (Å²) >= 11 is 7.89. The molecule has 3 heterocycles. The van der Waals surface area contributed by atoms with Crippen LogP contribution in [-0.4, -0.2) is 41.4 Å². The van der Waals surface area contributed by atoms with E-state index in [1.165, 1.54) is 11.8 Å². The van der Waals surface area contributed by atoms with E-state index in [9.17, 15) is 4.79 Å². The highest BCUT2D eigenvalue weighted by atomic mass is 35.5. The van der Waals surface area contributed by atoms with Crippen molar-refractivity contribution >= 4 is 52.7 Å². The summed E-state index contributed by atoms with van der Waals surface area (Å²) in [5.74, 6) is 2.65. The Balaban J connectivity index is 1.18. The van der Waals surface area contributed by atoms with E-state index in [2.05, 4.69) is 27.4 Å². The maximum atomic E-state index is 11.0. The number of aldehydes is 1. The van der Waals surface area contributed by atoms with Gasteiger partial charge in [0.2, 0.25) is 0 Å². The first-order valence-electron chi connectivity index (χ1n) is 11.8. The zero-order valence-corrected chi connectivity index (χ0v) is 20.5. The van der Waals surface area contributed by atoms with E-state index < -0.39 is 0 Å². The van der Waals surface area contributed by atoms with Gasteiger partial charge < -0.3 is 26.1 Å². The van der Waals surface area contributed by atoms with Gasteiger partial charge in [0.25, 0.3) is 0 Å². The fourth-order valence-corrected chi connectivity index (χ4v) is 6.21. The number of piperidine rings is 1. The lowest BCUT2D eigenvalue weighted by molar-refractivity contribution is -0.112. The lowest BCUT2D eigenvalue weighted by Crippen LogP contribution is -2.53. The lowest BCUT2D eigenvalue weighted by Gasteiger charge is -2.41. The molecule has 2 aromatic rings. The molecule has 0 atom stereocenters. The largest absolute Gasteiger partial charge is 0.397 e. The van der Waals surface area contributed by atoms with Crippen LogP contribution in [0.3, 0.4) is 0 Å². The number of nitrogen functional groups attached to an aromatic ring is 1. The summed E-state index contributed by atoms with van der Waals surface area (Å²) in [4.78, 5) is 23.7. The highest BCUT2D eigenvalue weighted by Gasteiger charge is 2.32. The van der Waals surface area contributed by atoms with E-state index in [1.54, 1.807) is 0 Å². The summed E-state index contributed by atoms with van der Waals surface area (Å²) in [6.45, 7) is 5.28. The van der Waals surface area contributed by atoms with E-state index in [0.717, 1.165) is 91.7 Å². The number of hydrogen-bond donors (Lipinski definition) is 3. The van der Waals surface area contributed by atoms with Gasteiger partial charge >= 0.3 is 0 Å². The maximum absolute atomic E-state index is 11.0. The minimum Gasteiger partial charge on any atom is -0.397 e. The highest BCUT2D eigenvalue weighted by Crippen LogP contribution is 2.47. The first-order chi connectivity index (χ1) is 15.9. The van der Waals surface area contributed by atoms with Gasteiger partial charge in [-0.15, -0.1) is 0 Å². The van der Waals surface area contributed by atoms with Crippen molar-refractivity contribution in [2.24, 2.45) is 11.8 Å². The van der Waals surface area contributed by atoms with Crippen LogP contribution in [0.2, 0.25) is 5.02 Å². The molecule has 9 heteroatoms. The quantitative estimate of drug-likeness (QED) is 0.347. The monoisotopic (exact) mass is 486 g/mol. The van der Waals surface area contributed by atoms with Gasteiger partial charge in [0.1, 0.15) is 17.1 Å². The molecule has 7 nitrogen and oxygen atoms in total. The highest BCUT2D eigenvalue weighted by molar-refractivity contribution is 7.99. The Morgan fingerprint density at radius 2 is 2.06 bits per heavy atom. The second-order valence-corrected chi connectivity index (χ2v) is 11.2. The molecule has 0 amide bonds. The summed E-state index contributed by atoms with van der Waals surface area (Å²) < 4.78 is 0. The van der Waals surface area contributed by atoms with Gasteiger partial charge in [-0.05, 0) is 70.0 Å². The standard InChI is InChI=1S/C24H31ClN6OS/c1-24(28-12-15-2-4-16(14-32)5-3-15)8-10-31(11-9-24)19-13-27-23-22(30-19)29-18-7-6-17(26)20(25)21(18)33-23/h6-7,13-16,28H,2-5,8-12,26H2,1H3,(H,29,30). The van der Waals surface area contributed by atoms with Gasteiger partial charge in [0.05, 0.1) is 27.5 Å². The van der Waals surface area contributed by atoms with Crippen LogP contribution in [0.5, 0.6) is 0 Å². The number of carbonyl (C=O) groups is 1. The normalized spacial score (nSPS) is 23.9. The number of nitrogens with two attached hydrogens (primary N) is 1. The van der Waals surface area contributed by atoms with E-state index >= 15 is 0 Å². The third-order valence-corrected chi connectivity index (χ3v) is 9.04. The van der Waals surface area contributed by atoms with Crippen LogP contribution < -0.4 is 21.3 Å². The number of halogens is 1. The summed E-state index contributed by atoms with van der Waals surface area (Å²) in [6, 6.07) is 3.74. The number of aromatic nitrogens is 2. The summed E-state index contributed by atoms with van der Waals surface area (Å²) in [5.41, 5.74) is 7.57. The van der Waals surface area contributed by atoms with Gasteiger partial charge in [-0.1, -0.05) is 23.4 Å². The molecule has 2 fully saturated rings. The zero-order chi connectivity index (χ0) is 23.0. The van der Waals surface area contributed by atoms with Crippen molar-refractivity contribution in [3.05, 3.63) is 23.4 Å². The van der Waals surface area contributed by atoms with Crippen LogP contribution in [0.25, 0.3) is 0 Å². The van der Waals surface area contributed by atoms with Crippen molar-refractivity contribution < 1.29 is 4.79 Å². The Labute approximate surface area is 204 Å². The third kappa shape index (κ3) is 4.79. The minimum atomic E-state index is 0.142. The van der Waals surface area contributed by atoms with Crippen LogP contribution in [0.4, 0.5) is 23.0 Å². The molecule has 4 N–H and O–H groups in total. The molecule has 2 aliphatic heterocycles. The Morgan fingerprint density at radius 3 is 2.79 bits per heavy atom. The molecule has 1 saturated heterocycles. The van der Waals surface area contributed by atoms with Gasteiger partial charge in [0, 0.05) is 24.5 Å². The van der Waals surface area contributed by atoms with E-state index in [-0.39, 0.29) is 11.5 Å². The SMILES string of the molecule is CC1(NCC2CCC(C=O)CC2)CCN(c2cnc3c(n2)Nc2ccc(N)c(Cl)c2S3)CC1. The Kier molecular flexibility index (Phi) is 6.42. The molecule has 0 unspecified atom stereocenters. The average Bonchev–Trinajstić information content (AvgIpc) is 2.85. The van der Waals surface area contributed by atoms with E-state index in [0.29, 0.717) is 16.6 Å². The summed E-state index contributed by atoms with van der Waals surface area (Å²) in [7, 11) is 0. The number of carbonyl (C=O) groups excluding carboxylic acids is 1. The van der Waals surface area contributed by atoms with Crippen molar-refractivity contribution in [3.63, 3.8) is 0 Å². The van der Waals surface area contributed by atoms with E-state index in [4.69, 9.17) is 22.3 Å². The fourth-order valence-electron chi connectivity index (χ4n) is 5.00. The molecule has 1 saturated carbocycles. The van der Waals surface area contributed by atoms with Crippen LogP contribution >= 0.6 is 23.4 Å². The molecule has 1 aliphatic carbocycles. The molecule has 3 aliphatic rings. The second-order valence-electron chi connectivity index (χ2n) is 9.80. The van der Waals surface area contributed by atoms with Gasteiger partial charge in [0.15, 0.2) is 5.82 Å². The van der Waals surface area contributed by atoms with Crippen LogP contribution in [0.15, 0.2) is 28.3 Å². The topological polar surface area (TPSA) is 96.2 Å². The first kappa shape index (κ1) is 22.7. The van der Waals surface area contributed by atoms with Crippen LogP contribution in [0, 0.1) is 11.8 Å². The Bertz CT molecular complexity index is 1030. The molecule has 33 heavy (non-hydrogen) atoms. The van der Waals surface area contributed by atoms with Crippen molar-refractivity contribution in [2.45, 2.75) is 60.9 Å². The lowest BCUT2D eigenvalue weighted by atomic mass is 9.81. The molecule has 0 radical (unpaired) electrons. The van der Waals surface area contributed by atoms with Crippen LogP contribution in [-0.2, 0) is 4.79 Å². The number of benzene rings is 1. The molecule has 5 rings (SSSR count). The zero-order valence-electron chi connectivity index (χ0n) is 18.9. The van der Waals surface area contributed by atoms with Crippen molar-refractivity contribution in [2.75, 3.05) is 35.6 Å². The van der Waals surface area contributed by atoms with Crippen molar-refractivity contribution in [3.8, 4) is 0 Å².